The topological polar surface area (TPSA) is 3.24 Å². The van der Waals surface area contributed by atoms with Crippen molar-refractivity contribution in [3.63, 3.8) is 0 Å². The van der Waals surface area contributed by atoms with E-state index in [0.29, 0.717) is 0 Å². The standard InChI is InChI=1S/C28H21N.3C2H6/c1-2-6-18(7-3-1)12-19-13-24-16-22-10-4-8-20-15-21-9-5-11-23-17-25(14-19)28(24)29(26(20)22)27(21)23;3*1-2/h1-11,13-14H,12,15-17H2;3*1-2H3. The Morgan fingerprint density at radius 3 is 1.31 bits per heavy atom. The van der Waals surface area contributed by atoms with Crippen LogP contribution >= 0.6 is 0 Å². The van der Waals surface area contributed by atoms with E-state index < -0.39 is 0 Å². The Hall–Kier alpha value is -3.32. The van der Waals surface area contributed by atoms with E-state index in [-0.39, 0.29) is 0 Å². The highest BCUT2D eigenvalue weighted by Crippen LogP contribution is 2.55. The first-order valence-corrected chi connectivity index (χ1v) is 13.6. The third-order valence-corrected chi connectivity index (χ3v) is 6.80. The lowest BCUT2D eigenvalue weighted by Crippen LogP contribution is -2.29. The van der Waals surface area contributed by atoms with Gasteiger partial charge in [-0.15, -0.1) is 0 Å². The fourth-order valence-electron chi connectivity index (χ4n) is 5.71. The van der Waals surface area contributed by atoms with Crippen molar-refractivity contribution in [2.75, 3.05) is 4.90 Å². The van der Waals surface area contributed by atoms with Gasteiger partial charge in [-0.1, -0.05) is 120 Å². The van der Waals surface area contributed by atoms with Gasteiger partial charge in [-0.25, -0.2) is 0 Å². The van der Waals surface area contributed by atoms with Gasteiger partial charge in [0.1, 0.15) is 0 Å². The van der Waals surface area contributed by atoms with Crippen LogP contribution in [0.2, 0.25) is 0 Å². The predicted molar refractivity (Wildman–Crippen MR) is 153 cm³/mol. The smallest absolute Gasteiger partial charge is 0.0533 e. The van der Waals surface area contributed by atoms with E-state index in [0.717, 1.165) is 25.7 Å². The van der Waals surface area contributed by atoms with E-state index in [1.54, 1.807) is 0 Å². The van der Waals surface area contributed by atoms with E-state index in [9.17, 15) is 0 Å². The number of nitrogens with zero attached hydrogens (tertiary/aromatic N) is 1. The van der Waals surface area contributed by atoms with Gasteiger partial charge in [-0.3, -0.25) is 0 Å². The second-order valence-electron chi connectivity index (χ2n) is 8.64. The molecular formula is C34H39N. The molecule has 0 saturated carbocycles. The normalized spacial score (nSPS) is 12.6. The molecule has 4 aromatic rings. The van der Waals surface area contributed by atoms with Crippen molar-refractivity contribution >= 4 is 17.1 Å². The molecule has 4 aromatic carbocycles. The fraction of sp³-hybridized carbons (Fsp3) is 0.294. The first kappa shape index (κ1) is 24.8. The number of hydrogen-bond acceptors (Lipinski definition) is 1. The summed E-state index contributed by atoms with van der Waals surface area (Å²) in [5, 5.41) is 0. The molecule has 7 rings (SSSR count). The van der Waals surface area contributed by atoms with Gasteiger partial charge in [0.2, 0.25) is 0 Å². The van der Waals surface area contributed by atoms with E-state index in [4.69, 9.17) is 0 Å². The molecule has 180 valence electrons. The van der Waals surface area contributed by atoms with Crippen molar-refractivity contribution in [1.29, 1.82) is 0 Å². The van der Waals surface area contributed by atoms with Gasteiger partial charge in [-0.2, -0.15) is 0 Å². The van der Waals surface area contributed by atoms with Crippen LogP contribution in [0.3, 0.4) is 0 Å². The number of para-hydroxylation sites is 2. The first-order chi connectivity index (χ1) is 17.3. The Morgan fingerprint density at radius 1 is 0.457 bits per heavy atom. The molecule has 0 fully saturated rings. The van der Waals surface area contributed by atoms with E-state index in [1.165, 1.54) is 61.6 Å². The van der Waals surface area contributed by atoms with Crippen LogP contribution in [0.25, 0.3) is 0 Å². The van der Waals surface area contributed by atoms with Crippen LogP contribution in [-0.4, -0.2) is 0 Å². The number of anilines is 3. The van der Waals surface area contributed by atoms with Crippen molar-refractivity contribution in [1.82, 2.24) is 0 Å². The maximum absolute atomic E-state index is 2.60. The summed E-state index contributed by atoms with van der Waals surface area (Å²) in [5.74, 6) is 0. The van der Waals surface area contributed by atoms with Crippen molar-refractivity contribution < 1.29 is 0 Å². The monoisotopic (exact) mass is 461 g/mol. The number of hydrogen-bond donors (Lipinski definition) is 0. The van der Waals surface area contributed by atoms with Crippen LogP contribution in [-0.2, 0) is 25.7 Å². The Bertz CT molecular complexity index is 1220. The Labute approximate surface area is 212 Å². The summed E-state index contributed by atoms with van der Waals surface area (Å²) in [6, 6.07) is 29.5. The van der Waals surface area contributed by atoms with Gasteiger partial charge in [0.15, 0.2) is 0 Å². The molecule has 35 heavy (non-hydrogen) atoms. The minimum absolute atomic E-state index is 1.00. The lowest BCUT2D eigenvalue weighted by Gasteiger charge is -2.44. The second-order valence-corrected chi connectivity index (χ2v) is 8.64. The minimum atomic E-state index is 1.00. The van der Waals surface area contributed by atoms with Crippen molar-refractivity contribution in [3.05, 3.63) is 123 Å². The van der Waals surface area contributed by atoms with Gasteiger partial charge in [-0.05, 0) is 50.9 Å². The molecule has 3 aliphatic heterocycles. The maximum Gasteiger partial charge on any atom is 0.0533 e. The SMILES string of the molecule is CC.CC.CC.c1ccc(Cc2cc3c4c(c2)Cc2cccc5c2N4c2c(cccc2C3)C5)cc1. The summed E-state index contributed by atoms with van der Waals surface area (Å²) in [4.78, 5) is 2.60. The fourth-order valence-corrected chi connectivity index (χ4v) is 5.71. The number of benzene rings is 4. The number of rotatable bonds is 2. The average Bonchev–Trinajstić information content (AvgIpc) is 2.92. The quantitative estimate of drug-likeness (QED) is 0.248. The van der Waals surface area contributed by atoms with E-state index >= 15 is 0 Å². The third-order valence-electron chi connectivity index (χ3n) is 6.80. The Morgan fingerprint density at radius 2 is 0.857 bits per heavy atom. The molecule has 0 unspecified atom stereocenters. The lowest BCUT2D eigenvalue weighted by atomic mass is 9.79. The highest BCUT2D eigenvalue weighted by Gasteiger charge is 2.36. The highest BCUT2D eigenvalue weighted by molar-refractivity contribution is 5.94. The Kier molecular flexibility index (Phi) is 7.76. The molecule has 1 heteroatoms. The zero-order valence-electron chi connectivity index (χ0n) is 22.3. The molecule has 0 aliphatic carbocycles. The van der Waals surface area contributed by atoms with Crippen LogP contribution in [0, 0.1) is 0 Å². The molecule has 0 bridgehead atoms. The van der Waals surface area contributed by atoms with Gasteiger partial charge >= 0.3 is 0 Å². The van der Waals surface area contributed by atoms with Crippen LogP contribution < -0.4 is 4.90 Å². The molecule has 0 saturated heterocycles. The summed E-state index contributed by atoms with van der Waals surface area (Å²) in [7, 11) is 0. The molecule has 0 atom stereocenters. The molecule has 1 nitrogen and oxygen atoms in total. The van der Waals surface area contributed by atoms with E-state index in [2.05, 4.69) is 83.8 Å². The lowest BCUT2D eigenvalue weighted by molar-refractivity contribution is 0.949. The molecule has 0 aromatic heterocycles. The third kappa shape index (κ3) is 4.29. The van der Waals surface area contributed by atoms with Gasteiger partial charge in [0.25, 0.3) is 0 Å². The van der Waals surface area contributed by atoms with Crippen molar-refractivity contribution in [2.45, 2.75) is 67.2 Å². The van der Waals surface area contributed by atoms with Crippen molar-refractivity contribution in [2.24, 2.45) is 0 Å². The van der Waals surface area contributed by atoms with Gasteiger partial charge < -0.3 is 4.90 Å². The minimum Gasteiger partial charge on any atom is -0.309 e. The van der Waals surface area contributed by atoms with Gasteiger partial charge in [0, 0.05) is 19.3 Å². The second kappa shape index (κ2) is 11.0. The molecule has 0 amide bonds. The summed E-state index contributed by atoms with van der Waals surface area (Å²) in [6.45, 7) is 12.0. The van der Waals surface area contributed by atoms with E-state index in [1.807, 2.05) is 41.5 Å². The van der Waals surface area contributed by atoms with Gasteiger partial charge in [0.05, 0.1) is 17.1 Å². The predicted octanol–water partition coefficient (Wildman–Crippen LogP) is 9.54. The Balaban J connectivity index is 0.000000450. The van der Waals surface area contributed by atoms with Crippen molar-refractivity contribution in [3.8, 4) is 0 Å². The zero-order valence-corrected chi connectivity index (χ0v) is 22.3. The highest BCUT2D eigenvalue weighted by atomic mass is 15.2. The summed E-state index contributed by atoms with van der Waals surface area (Å²) in [6.07, 6.45) is 4.14. The molecular weight excluding hydrogens is 422 g/mol. The molecule has 3 heterocycles. The largest absolute Gasteiger partial charge is 0.309 e. The zero-order chi connectivity index (χ0) is 24.9. The summed E-state index contributed by atoms with van der Waals surface area (Å²) in [5.41, 5.74) is 16.0. The van der Waals surface area contributed by atoms with Crippen LogP contribution in [0.5, 0.6) is 0 Å². The molecule has 0 N–H and O–H groups in total. The molecule has 0 spiro atoms. The maximum atomic E-state index is 2.60. The first-order valence-electron chi connectivity index (χ1n) is 13.6. The van der Waals surface area contributed by atoms with Crippen LogP contribution in [0.15, 0.2) is 78.9 Å². The molecule has 3 aliphatic rings. The molecule has 0 radical (unpaired) electrons. The average molecular weight is 462 g/mol. The summed E-state index contributed by atoms with van der Waals surface area (Å²) >= 11 is 0. The summed E-state index contributed by atoms with van der Waals surface area (Å²) < 4.78 is 0. The van der Waals surface area contributed by atoms with Crippen LogP contribution in [0.1, 0.15) is 86.1 Å². The van der Waals surface area contributed by atoms with Crippen LogP contribution in [0.4, 0.5) is 17.1 Å².